The van der Waals surface area contributed by atoms with Crippen LogP contribution in [-0.4, -0.2) is 47.0 Å². The van der Waals surface area contributed by atoms with Crippen LogP contribution in [0.2, 0.25) is 0 Å². The Morgan fingerprint density at radius 2 is 1.85 bits per heavy atom. The summed E-state index contributed by atoms with van der Waals surface area (Å²) in [7, 11) is 2.03. The lowest BCUT2D eigenvalue weighted by Crippen LogP contribution is -2.48. The molecule has 112 valence electrons. The highest BCUT2D eigenvalue weighted by molar-refractivity contribution is 6.07. The third-order valence-corrected chi connectivity index (χ3v) is 5.26. The average molecular weight is 279 g/mol. The van der Waals surface area contributed by atoms with Crippen LogP contribution in [0.1, 0.15) is 51.9 Å². The van der Waals surface area contributed by atoms with E-state index in [2.05, 4.69) is 10.2 Å². The van der Waals surface area contributed by atoms with Gasteiger partial charge < -0.3 is 5.32 Å². The van der Waals surface area contributed by atoms with Crippen LogP contribution in [0, 0.1) is 5.92 Å². The second kappa shape index (κ2) is 5.02. The van der Waals surface area contributed by atoms with Crippen molar-refractivity contribution in [3.05, 3.63) is 0 Å². The minimum absolute atomic E-state index is 0.0346. The lowest BCUT2D eigenvalue weighted by Gasteiger charge is -2.33. The molecule has 3 aliphatic rings. The van der Waals surface area contributed by atoms with E-state index in [0.717, 1.165) is 12.8 Å². The minimum atomic E-state index is -0.648. The van der Waals surface area contributed by atoms with Gasteiger partial charge in [-0.15, -0.1) is 0 Å². The zero-order chi connectivity index (χ0) is 14.3. The highest BCUT2D eigenvalue weighted by Gasteiger charge is 2.56. The van der Waals surface area contributed by atoms with Gasteiger partial charge in [-0.05, 0) is 45.6 Å². The number of carbonyl (C=O) groups excluding carboxylic acids is 2. The van der Waals surface area contributed by atoms with Crippen LogP contribution in [0.3, 0.4) is 0 Å². The number of nitrogens with zero attached hydrogens (tertiary/aromatic N) is 2. The molecule has 0 radical (unpaired) electrons. The molecule has 3 fully saturated rings. The molecule has 0 aromatic rings. The third-order valence-electron chi connectivity index (χ3n) is 5.26. The minimum Gasteiger partial charge on any atom is -0.323 e. The molecule has 5 heteroatoms. The van der Waals surface area contributed by atoms with E-state index in [1.807, 2.05) is 14.0 Å². The summed E-state index contributed by atoms with van der Waals surface area (Å²) in [5.41, 5.74) is -0.648. The summed E-state index contributed by atoms with van der Waals surface area (Å²) in [6, 6.07) is 0.296. The van der Waals surface area contributed by atoms with Crippen LogP contribution < -0.4 is 5.32 Å². The number of nitrogens with one attached hydrogen (secondary N) is 1. The Morgan fingerprint density at radius 3 is 2.45 bits per heavy atom. The SMILES string of the molecule is CN(CN1C(=O)NC(C)(C2CC2)C1=O)C1CCCCC1. The summed E-state index contributed by atoms with van der Waals surface area (Å²) < 4.78 is 0. The Balaban J connectivity index is 1.64. The second-order valence-corrected chi connectivity index (χ2v) is 6.83. The van der Waals surface area contributed by atoms with Crippen molar-refractivity contribution in [2.75, 3.05) is 13.7 Å². The first-order valence-corrected chi connectivity index (χ1v) is 7.86. The molecule has 5 nitrogen and oxygen atoms in total. The van der Waals surface area contributed by atoms with E-state index in [-0.39, 0.29) is 11.9 Å². The first-order chi connectivity index (χ1) is 9.52. The maximum Gasteiger partial charge on any atom is 0.326 e. The molecule has 1 heterocycles. The number of hydrogen-bond acceptors (Lipinski definition) is 3. The first-order valence-electron chi connectivity index (χ1n) is 7.86. The summed E-state index contributed by atoms with van der Waals surface area (Å²) in [4.78, 5) is 28.3. The van der Waals surface area contributed by atoms with Gasteiger partial charge in [0.05, 0.1) is 6.67 Å². The quantitative estimate of drug-likeness (QED) is 0.800. The predicted octanol–water partition coefficient (Wildman–Crippen LogP) is 1.93. The predicted molar refractivity (Wildman–Crippen MR) is 76.0 cm³/mol. The summed E-state index contributed by atoms with van der Waals surface area (Å²) in [6.07, 6.45) is 8.29. The molecule has 1 saturated heterocycles. The summed E-state index contributed by atoms with van der Waals surface area (Å²) >= 11 is 0. The zero-order valence-electron chi connectivity index (χ0n) is 12.5. The Kier molecular flexibility index (Phi) is 3.48. The van der Waals surface area contributed by atoms with Crippen LogP contribution in [-0.2, 0) is 4.79 Å². The van der Waals surface area contributed by atoms with Gasteiger partial charge in [-0.3, -0.25) is 9.69 Å². The molecule has 0 aromatic heterocycles. The fourth-order valence-electron chi connectivity index (χ4n) is 3.64. The normalized spacial score (nSPS) is 32.0. The van der Waals surface area contributed by atoms with E-state index in [1.54, 1.807) is 0 Å². The number of rotatable bonds is 4. The topological polar surface area (TPSA) is 52.6 Å². The molecular formula is C15H25N3O2. The van der Waals surface area contributed by atoms with Crippen molar-refractivity contribution in [3.8, 4) is 0 Å². The Morgan fingerprint density at radius 1 is 1.20 bits per heavy atom. The van der Waals surface area contributed by atoms with Gasteiger partial charge >= 0.3 is 6.03 Å². The van der Waals surface area contributed by atoms with Crippen molar-refractivity contribution in [2.24, 2.45) is 5.92 Å². The van der Waals surface area contributed by atoms with Crippen molar-refractivity contribution >= 4 is 11.9 Å². The Bertz CT molecular complexity index is 415. The van der Waals surface area contributed by atoms with Crippen LogP contribution in [0.15, 0.2) is 0 Å². The Hall–Kier alpha value is -1.10. The van der Waals surface area contributed by atoms with Gasteiger partial charge in [-0.2, -0.15) is 0 Å². The summed E-state index contributed by atoms with van der Waals surface area (Å²) in [6.45, 7) is 2.31. The van der Waals surface area contributed by atoms with Gasteiger partial charge in [-0.1, -0.05) is 19.3 Å². The summed E-state index contributed by atoms with van der Waals surface area (Å²) in [5.74, 6) is 0.302. The molecule has 1 atom stereocenters. The van der Waals surface area contributed by atoms with Crippen LogP contribution >= 0.6 is 0 Å². The van der Waals surface area contributed by atoms with E-state index in [4.69, 9.17) is 0 Å². The number of urea groups is 1. The van der Waals surface area contributed by atoms with E-state index >= 15 is 0 Å². The fourth-order valence-corrected chi connectivity index (χ4v) is 3.64. The van der Waals surface area contributed by atoms with Gasteiger partial charge in [0.15, 0.2) is 0 Å². The second-order valence-electron chi connectivity index (χ2n) is 6.83. The van der Waals surface area contributed by atoms with Gasteiger partial charge in [0, 0.05) is 6.04 Å². The van der Waals surface area contributed by atoms with Crippen molar-refractivity contribution in [1.29, 1.82) is 0 Å². The van der Waals surface area contributed by atoms with Gasteiger partial charge in [0.2, 0.25) is 0 Å². The molecule has 1 N–H and O–H groups in total. The standard InChI is InChI=1S/C15H25N3O2/c1-15(11-8-9-11)13(19)18(14(20)16-15)10-17(2)12-6-4-3-5-7-12/h11-12H,3-10H2,1-2H3,(H,16,20). The van der Waals surface area contributed by atoms with E-state index in [0.29, 0.717) is 18.6 Å². The maximum atomic E-state index is 12.6. The van der Waals surface area contributed by atoms with Crippen LogP contribution in [0.4, 0.5) is 4.79 Å². The number of amides is 3. The largest absolute Gasteiger partial charge is 0.326 e. The lowest BCUT2D eigenvalue weighted by atomic mass is 9.94. The molecule has 0 bridgehead atoms. The first kappa shape index (κ1) is 13.9. The van der Waals surface area contributed by atoms with Crippen molar-refractivity contribution in [3.63, 3.8) is 0 Å². The van der Waals surface area contributed by atoms with Gasteiger partial charge in [-0.25, -0.2) is 9.69 Å². The lowest BCUT2D eigenvalue weighted by molar-refractivity contribution is -0.133. The number of hydrogen-bond donors (Lipinski definition) is 1. The summed E-state index contributed by atoms with van der Waals surface area (Å²) in [5, 5.41) is 2.91. The van der Waals surface area contributed by atoms with E-state index in [1.165, 1.54) is 37.0 Å². The molecule has 2 aliphatic carbocycles. The number of carbonyl (C=O) groups is 2. The smallest absolute Gasteiger partial charge is 0.323 e. The molecule has 2 saturated carbocycles. The monoisotopic (exact) mass is 279 g/mol. The molecular weight excluding hydrogens is 254 g/mol. The fraction of sp³-hybridized carbons (Fsp3) is 0.867. The van der Waals surface area contributed by atoms with Gasteiger partial charge in [0.1, 0.15) is 5.54 Å². The number of imide groups is 1. The highest BCUT2D eigenvalue weighted by atomic mass is 16.2. The van der Waals surface area contributed by atoms with E-state index in [9.17, 15) is 9.59 Å². The Labute approximate surface area is 120 Å². The van der Waals surface area contributed by atoms with Crippen LogP contribution in [0.5, 0.6) is 0 Å². The highest BCUT2D eigenvalue weighted by Crippen LogP contribution is 2.42. The van der Waals surface area contributed by atoms with Crippen LogP contribution in [0.25, 0.3) is 0 Å². The molecule has 3 amide bonds. The molecule has 1 unspecified atom stereocenters. The molecule has 3 rings (SSSR count). The third kappa shape index (κ3) is 2.32. The molecule has 1 aliphatic heterocycles. The molecule has 0 spiro atoms. The van der Waals surface area contributed by atoms with Gasteiger partial charge in [0.25, 0.3) is 5.91 Å². The van der Waals surface area contributed by atoms with Crippen molar-refractivity contribution < 1.29 is 9.59 Å². The van der Waals surface area contributed by atoms with E-state index < -0.39 is 5.54 Å². The van der Waals surface area contributed by atoms with Crippen molar-refractivity contribution in [2.45, 2.75) is 63.5 Å². The average Bonchev–Trinajstić information content (AvgIpc) is 3.26. The maximum absolute atomic E-state index is 12.6. The van der Waals surface area contributed by atoms with Crippen molar-refractivity contribution in [1.82, 2.24) is 15.1 Å². The molecule has 0 aromatic carbocycles. The zero-order valence-corrected chi connectivity index (χ0v) is 12.5. The molecule has 20 heavy (non-hydrogen) atoms.